The molecule has 218 valence electrons. The molecule has 9 heteroatoms. The van der Waals surface area contributed by atoms with E-state index in [9.17, 15) is 24.9 Å². The number of aliphatic hydroxyl groups is 3. The van der Waals surface area contributed by atoms with Crippen molar-refractivity contribution < 1.29 is 44.3 Å². The molecule has 3 saturated heterocycles. The molecule has 9 aliphatic rings. The van der Waals surface area contributed by atoms with E-state index in [0.717, 1.165) is 5.57 Å². The Morgan fingerprint density at radius 1 is 1.08 bits per heavy atom. The lowest BCUT2D eigenvalue weighted by atomic mass is 9.38. The first-order valence-electron chi connectivity index (χ1n) is 14.7. The number of piperidine rings is 2. The standard InChI is InChI=1S/C30H44NO7.H2O/c1-8-13(4)26(35)38-20-16-14(5)9-29-17(20)23-30(22(29)19(16)32)11-15(37-25(34)12(2)3)10-28(6)21(30)18(24(29)33)31(23,7)27(28)36;/h12-13,15-24,27,32-33,36H,5,8-11H2,1-4,6-7H3;1H2/q+1;/p-1/t13-,15-,16+,17?,18+,19+,20-,21+,22+,23+,24-,27-,28+,29-,30-,31?;/m0./s1. The number of esters is 2. The van der Waals surface area contributed by atoms with Crippen molar-refractivity contribution in [3.05, 3.63) is 12.2 Å². The monoisotopic (exact) mass is 547 g/mol. The number of ether oxygens (including phenoxy) is 2. The fourth-order valence-electron chi connectivity index (χ4n) is 12.5. The summed E-state index contributed by atoms with van der Waals surface area (Å²) in [6.45, 7) is 13.9. The Balaban J connectivity index is 0.00000277. The van der Waals surface area contributed by atoms with Crippen LogP contribution in [0.3, 0.4) is 0 Å². The number of fused-ring (bicyclic) bond motifs is 1. The van der Waals surface area contributed by atoms with Gasteiger partial charge in [-0.1, -0.05) is 46.8 Å². The van der Waals surface area contributed by atoms with Gasteiger partial charge in [0.25, 0.3) is 0 Å². The fourth-order valence-corrected chi connectivity index (χ4v) is 12.5. The number of hydrogen-bond donors (Lipinski definition) is 3. The van der Waals surface area contributed by atoms with Crippen molar-refractivity contribution in [2.24, 2.45) is 51.8 Å². The van der Waals surface area contributed by atoms with Crippen molar-refractivity contribution in [1.29, 1.82) is 0 Å². The number of rotatable bonds is 5. The van der Waals surface area contributed by atoms with Crippen LogP contribution in [0.5, 0.6) is 0 Å². The maximum absolute atomic E-state index is 13.2. The molecule has 9 rings (SSSR count). The van der Waals surface area contributed by atoms with Gasteiger partial charge in [-0.3, -0.25) is 14.1 Å². The Bertz CT molecular complexity index is 1140. The van der Waals surface area contributed by atoms with Crippen LogP contribution in [0.15, 0.2) is 12.2 Å². The predicted molar refractivity (Wildman–Crippen MR) is 138 cm³/mol. The Labute approximate surface area is 230 Å². The van der Waals surface area contributed by atoms with E-state index < -0.39 is 46.7 Å². The minimum atomic E-state index is -0.809. The first-order valence-corrected chi connectivity index (χ1v) is 14.7. The number of carbonyl (C=O) groups is 2. The lowest BCUT2D eigenvalue weighted by Crippen LogP contribution is -2.77. The summed E-state index contributed by atoms with van der Waals surface area (Å²) in [4.78, 5) is 26.0. The average Bonchev–Trinajstić information content (AvgIpc) is 3.23. The van der Waals surface area contributed by atoms with Gasteiger partial charge in [-0.15, -0.1) is 0 Å². The molecule has 16 atom stereocenters. The van der Waals surface area contributed by atoms with Crippen molar-refractivity contribution in [2.45, 2.75) is 103 Å². The molecule has 4 N–H and O–H groups in total. The summed E-state index contributed by atoms with van der Waals surface area (Å²) in [6, 6.07) is -0.271. The van der Waals surface area contributed by atoms with Crippen molar-refractivity contribution in [1.82, 2.24) is 0 Å². The van der Waals surface area contributed by atoms with Gasteiger partial charge in [-0.2, -0.15) is 0 Å². The normalized spacial score (nSPS) is 57.5. The SMILES string of the molecule is C=C1C[C@]23C4[C@@H](OC(=O)[C@@H](C)CC)[C@H]1[C@@H](O)[C@H]2[C@]12C[C@@H](OC(=O)C(C)C)C[C@]5(C)[C@H]1[C@H]([C@@H]3O)[N+](C)([C@H]42)[C@H]5O.[OH-]. The van der Waals surface area contributed by atoms with Crippen molar-refractivity contribution >= 4 is 11.9 Å². The van der Waals surface area contributed by atoms with Crippen LogP contribution in [-0.4, -0.2) is 87.0 Å². The molecule has 0 aromatic rings. The second-order valence-corrected chi connectivity index (χ2v) is 14.9. The van der Waals surface area contributed by atoms with Crippen LogP contribution in [-0.2, 0) is 19.1 Å². The summed E-state index contributed by atoms with van der Waals surface area (Å²) in [6.07, 6.45) is -0.824. The molecule has 2 unspecified atom stereocenters. The second kappa shape index (κ2) is 7.85. The predicted octanol–water partition coefficient (Wildman–Crippen LogP) is 1.82. The molecular formula is C30H45NO8. The third-order valence-corrected chi connectivity index (χ3v) is 13.2. The Kier molecular flexibility index (Phi) is 5.56. The van der Waals surface area contributed by atoms with E-state index in [-0.39, 0.29) is 65.2 Å². The lowest BCUT2D eigenvalue weighted by molar-refractivity contribution is -0.996. The fraction of sp³-hybridized carbons (Fsp3) is 0.867. The van der Waals surface area contributed by atoms with Crippen LogP contribution in [0.4, 0.5) is 0 Å². The van der Waals surface area contributed by atoms with E-state index in [1.165, 1.54) is 0 Å². The van der Waals surface area contributed by atoms with Crippen LogP contribution in [0.2, 0.25) is 0 Å². The van der Waals surface area contributed by atoms with Gasteiger partial charge >= 0.3 is 11.9 Å². The molecule has 9 bridgehead atoms. The van der Waals surface area contributed by atoms with Gasteiger partial charge in [0, 0.05) is 28.6 Å². The largest absolute Gasteiger partial charge is 0.870 e. The maximum atomic E-state index is 13.2. The second-order valence-electron chi connectivity index (χ2n) is 14.9. The molecule has 39 heavy (non-hydrogen) atoms. The lowest BCUT2D eigenvalue weighted by Gasteiger charge is -2.66. The topological polar surface area (TPSA) is 143 Å². The van der Waals surface area contributed by atoms with Gasteiger partial charge in [0.2, 0.25) is 0 Å². The molecule has 0 aromatic carbocycles. The molecule has 9 fully saturated rings. The highest BCUT2D eigenvalue weighted by atomic mass is 16.6. The number of likely N-dealkylation sites (N-methyl/N-ethyl adjacent to an activating group) is 1. The minimum Gasteiger partial charge on any atom is -0.870 e. The third kappa shape index (κ3) is 2.59. The zero-order valence-corrected chi connectivity index (χ0v) is 23.9. The molecule has 0 aromatic heterocycles. The van der Waals surface area contributed by atoms with Crippen molar-refractivity contribution in [2.75, 3.05) is 7.05 Å². The van der Waals surface area contributed by atoms with Gasteiger partial charge in [0.05, 0.1) is 36.3 Å². The first kappa shape index (κ1) is 27.6. The van der Waals surface area contributed by atoms with E-state index in [1.54, 1.807) is 0 Å². The zero-order chi connectivity index (χ0) is 27.5. The van der Waals surface area contributed by atoms with Crippen LogP contribution >= 0.6 is 0 Å². The highest BCUT2D eigenvalue weighted by Gasteiger charge is 3.00. The maximum Gasteiger partial charge on any atom is 0.308 e. The van der Waals surface area contributed by atoms with Crippen LogP contribution in [0.25, 0.3) is 0 Å². The zero-order valence-electron chi connectivity index (χ0n) is 23.9. The Morgan fingerprint density at radius 3 is 2.36 bits per heavy atom. The number of quaternary nitrogens is 1. The van der Waals surface area contributed by atoms with E-state index >= 15 is 0 Å². The number of nitrogens with zero attached hydrogens (tertiary/aromatic N) is 1. The summed E-state index contributed by atoms with van der Waals surface area (Å²) >= 11 is 0. The smallest absolute Gasteiger partial charge is 0.308 e. The van der Waals surface area contributed by atoms with E-state index in [0.29, 0.717) is 30.2 Å². The first-order chi connectivity index (χ1) is 17.7. The number of aliphatic hydroxyl groups excluding tert-OH is 3. The Hall–Kier alpha value is -1.52. The summed E-state index contributed by atoms with van der Waals surface area (Å²) < 4.78 is 12.7. The highest BCUT2D eigenvalue weighted by Crippen LogP contribution is 2.89. The van der Waals surface area contributed by atoms with Crippen molar-refractivity contribution in [3.8, 4) is 0 Å². The average molecular weight is 548 g/mol. The van der Waals surface area contributed by atoms with Crippen LogP contribution < -0.4 is 0 Å². The summed E-state index contributed by atoms with van der Waals surface area (Å²) in [5.41, 5.74) is -0.789. The summed E-state index contributed by atoms with van der Waals surface area (Å²) in [5.74, 6) is -1.86. The molecule has 6 saturated carbocycles. The van der Waals surface area contributed by atoms with E-state index in [2.05, 4.69) is 20.6 Å². The van der Waals surface area contributed by atoms with E-state index in [1.807, 2.05) is 27.7 Å². The number of hydrogen-bond acceptors (Lipinski definition) is 8. The van der Waals surface area contributed by atoms with Gasteiger partial charge in [-0.25, -0.2) is 0 Å². The van der Waals surface area contributed by atoms with Crippen LogP contribution in [0.1, 0.15) is 60.3 Å². The van der Waals surface area contributed by atoms with E-state index in [4.69, 9.17) is 9.47 Å². The highest BCUT2D eigenvalue weighted by molar-refractivity contribution is 5.72. The van der Waals surface area contributed by atoms with Gasteiger partial charge < -0.3 is 30.3 Å². The quantitative estimate of drug-likeness (QED) is 0.269. The van der Waals surface area contributed by atoms with Gasteiger partial charge in [0.15, 0.2) is 6.23 Å². The molecule has 3 aliphatic heterocycles. The molecule has 0 radical (unpaired) electrons. The summed E-state index contributed by atoms with van der Waals surface area (Å²) in [7, 11) is 2.08. The Morgan fingerprint density at radius 2 is 1.74 bits per heavy atom. The van der Waals surface area contributed by atoms with Gasteiger partial charge in [-0.05, 0) is 25.7 Å². The summed E-state index contributed by atoms with van der Waals surface area (Å²) in [5, 5.41) is 36.6. The van der Waals surface area contributed by atoms with Crippen molar-refractivity contribution in [3.63, 3.8) is 0 Å². The molecule has 0 amide bonds. The van der Waals surface area contributed by atoms with Crippen LogP contribution in [0, 0.1) is 51.8 Å². The molecular weight excluding hydrogens is 502 g/mol. The van der Waals surface area contributed by atoms with Gasteiger partial charge in [0.1, 0.15) is 30.4 Å². The molecule has 2 spiro atoms. The number of carbonyl (C=O) groups excluding carboxylic acids is 2. The molecule has 9 nitrogen and oxygen atoms in total. The minimum absolute atomic E-state index is 0. The molecule has 6 aliphatic carbocycles. The molecule has 3 heterocycles. The third-order valence-electron chi connectivity index (χ3n) is 13.2.